The first-order chi connectivity index (χ1) is 12.2. The van der Waals surface area contributed by atoms with Crippen molar-refractivity contribution in [1.29, 1.82) is 0 Å². The van der Waals surface area contributed by atoms with Crippen LogP contribution in [0.4, 0.5) is 17.2 Å². The summed E-state index contributed by atoms with van der Waals surface area (Å²) in [5.41, 5.74) is 4.51. The molecule has 2 heterocycles. The molecule has 0 radical (unpaired) electrons. The Hall–Kier alpha value is -2.92. The highest BCUT2D eigenvalue weighted by molar-refractivity contribution is 7.17. The first-order valence-electron chi connectivity index (χ1n) is 8.04. The van der Waals surface area contributed by atoms with Gasteiger partial charge in [0.25, 0.3) is 0 Å². The molecule has 1 N–H and O–H groups in total. The van der Waals surface area contributed by atoms with Crippen LogP contribution < -0.4 is 10.2 Å². The normalized spacial score (nSPS) is 10.8. The summed E-state index contributed by atoms with van der Waals surface area (Å²) in [7, 11) is 4.07. The fourth-order valence-corrected chi connectivity index (χ4v) is 3.70. The minimum atomic E-state index is 0.836. The van der Waals surface area contributed by atoms with Gasteiger partial charge in [-0.25, -0.2) is 9.97 Å². The monoisotopic (exact) mass is 346 g/mol. The Balaban J connectivity index is 1.76. The van der Waals surface area contributed by atoms with Crippen molar-refractivity contribution in [2.75, 3.05) is 24.3 Å². The van der Waals surface area contributed by atoms with Gasteiger partial charge in [-0.15, -0.1) is 11.3 Å². The van der Waals surface area contributed by atoms with Gasteiger partial charge < -0.3 is 10.2 Å². The number of anilines is 3. The van der Waals surface area contributed by atoms with Crippen LogP contribution >= 0.6 is 11.3 Å². The van der Waals surface area contributed by atoms with E-state index in [4.69, 9.17) is 0 Å². The number of nitrogens with one attached hydrogen (secondary N) is 1. The quantitative estimate of drug-likeness (QED) is 0.553. The van der Waals surface area contributed by atoms with Crippen molar-refractivity contribution < 1.29 is 0 Å². The predicted molar refractivity (Wildman–Crippen MR) is 107 cm³/mol. The zero-order valence-electron chi connectivity index (χ0n) is 14.1. The van der Waals surface area contributed by atoms with Crippen LogP contribution in [0.5, 0.6) is 0 Å². The van der Waals surface area contributed by atoms with Crippen LogP contribution in [0.15, 0.2) is 66.3 Å². The van der Waals surface area contributed by atoms with Crippen molar-refractivity contribution >= 4 is 38.7 Å². The molecule has 0 saturated carbocycles. The zero-order chi connectivity index (χ0) is 17.2. The van der Waals surface area contributed by atoms with E-state index in [-0.39, 0.29) is 0 Å². The Morgan fingerprint density at radius 3 is 2.40 bits per heavy atom. The Bertz CT molecular complexity index is 991. The maximum atomic E-state index is 4.49. The van der Waals surface area contributed by atoms with E-state index in [0.29, 0.717) is 0 Å². The average molecular weight is 346 g/mol. The summed E-state index contributed by atoms with van der Waals surface area (Å²) >= 11 is 1.64. The molecule has 4 nitrogen and oxygen atoms in total. The number of benzene rings is 2. The van der Waals surface area contributed by atoms with Gasteiger partial charge in [-0.1, -0.05) is 30.3 Å². The van der Waals surface area contributed by atoms with Crippen molar-refractivity contribution in [3.8, 4) is 11.1 Å². The highest BCUT2D eigenvalue weighted by atomic mass is 32.1. The molecule has 0 spiro atoms. The molecule has 0 aliphatic rings. The molecule has 0 fully saturated rings. The third-order valence-electron chi connectivity index (χ3n) is 4.10. The Kier molecular flexibility index (Phi) is 4.07. The standard InChI is InChI=1S/C20H18N4S/c1-24(2)16-10-8-15(9-11-16)23-19-18-17(14-6-4-3-5-7-14)12-25-20(18)22-13-21-19/h3-13H,1-2H3,(H,21,22,23). The number of rotatable bonds is 4. The maximum absolute atomic E-state index is 4.49. The number of hydrogen-bond donors (Lipinski definition) is 1. The molecule has 0 bridgehead atoms. The van der Waals surface area contributed by atoms with E-state index in [1.165, 1.54) is 11.3 Å². The Morgan fingerprint density at radius 2 is 1.68 bits per heavy atom. The number of nitrogens with zero attached hydrogens (tertiary/aromatic N) is 3. The van der Waals surface area contributed by atoms with E-state index < -0.39 is 0 Å². The van der Waals surface area contributed by atoms with Crippen LogP contribution in [0.2, 0.25) is 0 Å². The van der Waals surface area contributed by atoms with E-state index >= 15 is 0 Å². The van der Waals surface area contributed by atoms with Crippen molar-refractivity contribution in [2.24, 2.45) is 0 Å². The summed E-state index contributed by atoms with van der Waals surface area (Å²) in [5, 5.41) is 6.66. The van der Waals surface area contributed by atoms with Gasteiger partial charge in [0.1, 0.15) is 17.0 Å². The summed E-state index contributed by atoms with van der Waals surface area (Å²) in [5.74, 6) is 0.836. The highest BCUT2D eigenvalue weighted by Crippen LogP contribution is 2.37. The molecule has 0 saturated heterocycles. The smallest absolute Gasteiger partial charge is 0.143 e. The van der Waals surface area contributed by atoms with Crippen LogP contribution in [-0.2, 0) is 0 Å². The largest absolute Gasteiger partial charge is 0.378 e. The average Bonchev–Trinajstić information content (AvgIpc) is 3.08. The summed E-state index contributed by atoms with van der Waals surface area (Å²) in [6.45, 7) is 0. The van der Waals surface area contributed by atoms with E-state index in [0.717, 1.165) is 27.3 Å². The molecule has 0 aliphatic heterocycles. The fraction of sp³-hybridized carbons (Fsp3) is 0.100. The van der Waals surface area contributed by atoms with E-state index in [2.05, 4.69) is 74.1 Å². The summed E-state index contributed by atoms with van der Waals surface area (Å²) < 4.78 is 0. The molecule has 2 aromatic carbocycles. The lowest BCUT2D eigenvalue weighted by atomic mass is 10.1. The topological polar surface area (TPSA) is 41.0 Å². The van der Waals surface area contributed by atoms with Gasteiger partial charge >= 0.3 is 0 Å². The molecule has 2 aromatic heterocycles. The van der Waals surface area contributed by atoms with Crippen molar-refractivity contribution in [2.45, 2.75) is 0 Å². The second-order valence-corrected chi connectivity index (χ2v) is 6.84. The van der Waals surface area contributed by atoms with Gasteiger partial charge in [0.15, 0.2) is 0 Å². The van der Waals surface area contributed by atoms with Gasteiger partial charge in [-0.3, -0.25) is 0 Å². The first kappa shape index (κ1) is 15.6. The zero-order valence-corrected chi connectivity index (χ0v) is 14.9. The van der Waals surface area contributed by atoms with Gasteiger partial charge in [-0.2, -0.15) is 0 Å². The number of thiophene rings is 1. The van der Waals surface area contributed by atoms with Crippen LogP contribution in [0.25, 0.3) is 21.3 Å². The third-order valence-corrected chi connectivity index (χ3v) is 4.99. The molecule has 0 amide bonds. The van der Waals surface area contributed by atoms with Crippen LogP contribution in [0.3, 0.4) is 0 Å². The second-order valence-electron chi connectivity index (χ2n) is 5.98. The number of aromatic nitrogens is 2. The van der Waals surface area contributed by atoms with E-state index in [9.17, 15) is 0 Å². The van der Waals surface area contributed by atoms with E-state index in [1.54, 1.807) is 17.7 Å². The lowest BCUT2D eigenvalue weighted by molar-refractivity contribution is 1.13. The van der Waals surface area contributed by atoms with Crippen molar-refractivity contribution in [3.63, 3.8) is 0 Å². The SMILES string of the molecule is CN(C)c1ccc(Nc2ncnc3scc(-c4ccccc4)c23)cc1. The first-order valence-corrected chi connectivity index (χ1v) is 8.92. The lowest BCUT2D eigenvalue weighted by Gasteiger charge is -2.13. The molecule has 124 valence electrons. The lowest BCUT2D eigenvalue weighted by Crippen LogP contribution is -2.08. The molecule has 0 aliphatic carbocycles. The number of fused-ring (bicyclic) bond motifs is 1. The molecular formula is C20H18N4S. The molecule has 0 atom stereocenters. The molecule has 4 rings (SSSR count). The molecular weight excluding hydrogens is 328 g/mol. The van der Waals surface area contributed by atoms with Crippen molar-refractivity contribution in [3.05, 3.63) is 66.3 Å². The van der Waals surface area contributed by atoms with Crippen LogP contribution in [0.1, 0.15) is 0 Å². The molecule has 5 heteroatoms. The van der Waals surface area contributed by atoms with E-state index in [1.807, 2.05) is 20.2 Å². The van der Waals surface area contributed by atoms with Gasteiger partial charge in [0.05, 0.1) is 5.39 Å². The summed E-state index contributed by atoms with van der Waals surface area (Å²) in [6, 6.07) is 18.7. The molecule has 25 heavy (non-hydrogen) atoms. The third kappa shape index (κ3) is 3.06. The van der Waals surface area contributed by atoms with Gasteiger partial charge in [-0.05, 0) is 29.8 Å². The Labute approximate surface area is 150 Å². The minimum absolute atomic E-state index is 0.836. The van der Waals surface area contributed by atoms with Gasteiger partial charge in [0, 0.05) is 36.4 Å². The highest BCUT2D eigenvalue weighted by Gasteiger charge is 2.13. The Morgan fingerprint density at radius 1 is 0.920 bits per heavy atom. The number of hydrogen-bond acceptors (Lipinski definition) is 5. The maximum Gasteiger partial charge on any atom is 0.143 e. The predicted octanol–water partition coefficient (Wildman–Crippen LogP) is 5.17. The van der Waals surface area contributed by atoms with Crippen molar-refractivity contribution in [1.82, 2.24) is 9.97 Å². The summed E-state index contributed by atoms with van der Waals surface area (Å²) in [6.07, 6.45) is 1.62. The summed E-state index contributed by atoms with van der Waals surface area (Å²) in [4.78, 5) is 12.0. The second kappa shape index (κ2) is 6.53. The molecule has 4 aromatic rings. The van der Waals surface area contributed by atoms with Gasteiger partial charge in [0.2, 0.25) is 0 Å². The van der Waals surface area contributed by atoms with Crippen LogP contribution in [-0.4, -0.2) is 24.1 Å². The molecule has 0 unspecified atom stereocenters. The fourth-order valence-electron chi connectivity index (χ4n) is 2.78. The minimum Gasteiger partial charge on any atom is -0.378 e. The van der Waals surface area contributed by atoms with Crippen LogP contribution in [0, 0.1) is 0 Å².